The van der Waals surface area contributed by atoms with Crippen molar-refractivity contribution in [3.05, 3.63) is 63.9 Å². The van der Waals surface area contributed by atoms with Gasteiger partial charge in [-0.3, -0.25) is 4.79 Å². The Hall–Kier alpha value is -1.84. The van der Waals surface area contributed by atoms with Crippen LogP contribution >= 0.6 is 23.5 Å². The second-order valence-corrected chi connectivity index (χ2v) is 6.35. The molecule has 3 nitrogen and oxygen atoms in total. The zero-order valence-corrected chi connectivity index (χ0v) is 13.8. The van der Waals surface area contributed by atoms with Crippen molar-refractivity contribution in [2.24, 2.45) is 0 Å². The summed E-state index contributed by atoms with van der Waals surface area (Å²) >= 11 is 5.85. The van der Waals surface area contributed by atoms with E-state index in [-0.39, 0.29) is 18.5 Å². The van der Waals surface area contributed by atoms with Crippen LogP contribution in [0.2, 0.25) is 5.02 Å². The van der Waals surface area contributed by atoms with Crippen LogP contribution in [0, 0.1) is 29.1 Å². The van der Waals surface area contributed by atoms with E-state index in [1.165, 1.54) is 24.3 Å². The van der Waals surface area contributed by atoms with Gasteiger partial charge in [0.05, 0.1) is 0 Å². The lowest BCUT2D eigenvalue weighted by Crippen LogP contribution is -2.24. The van der Waals surface area contributed by atoms with E-state index < -0.39 is 46.5 Å². The molecule has 0 saturated heterocycles. The largest absolute Gasteiger partial charge is 0.480 e. The van der Waals surface area contributed by atoms with Gasteiger partial charge in [-0.05, 0) is 29.6 Å². The van der Waals surface area contributed by atoms with E-state index in [1.54, 1.807) is 0 Å². The zero-order valence-electron chi connectivity index (χ0n) is 12.2. The molecular formula is C15H9ClF5NO2S. The van der Waals surface area contributed by atoms with Crippen molar-refractivity contribution in [2.45, 2.75) is 11.4 Å². The van der Waals surface area contributed by atoms with Crippen LogP contribution in [0.4, 0.5) is 22.0 Å². The summed E-state index contributed by atoms with van der Waals surface area (Å²) in [6, 6.07) is 6.10. The highest BCUT2D eigenvalue weighted by Crippen LogP contribution is 2.33. The van der Waals surface area contributed by atoms with E-state index in [4.69, 9.17) is 16.7 Å². The molecule has 0 spiro atoms. The summed E-state index contributed by atoms with van der Waals surface area (Å²) in [5.74, 6) is -11.8. The summed E-state index contributed by atoms with van der Waals surface area (Å²) in [4.78, 5) is 9.76. The van der Waals surface area contributed by atoms with Crippen LogP contribution in [0.3, 0.4) is 0 Å². The molecule has 0 unspecified atom stereocenters. The Kier molecular flexibility index (Phi) is 6.26. The Labute approximate surface area is 148 Å². The Morgan fingerprint density at radius 1 is 0.960 bits per heavy atom. The molecule has 0 aliphatic carbocycles. The first kappa shape index (κ1) is 19.5. The third-order valence-electron chi connectivity index (χ3n) is 2.97. The van der Waals surface area contributed by atoms with Crippen molar-refractivity contribution in [1.29, 1.82) is 0 Å². The van der Waals surface area contributed by atoms with Crippen molar-refractivity contribution < 1.29 is 31.9 Å². The predicted molar refractivity (Wildman–Crippen MR) is 81.6 cm³/mol. The molecular weight excluding hydrogens is 389 g/mol. The fourth-order valence-electron chi connectivity index (χ4n) is 1.86. The van der Waals surface area contributed by atoms with Crippen LogP contribution in [-0.2, 0) is 11.3 Å². The third-order valence-corrected chi connectivity index (χ3v) is 4.28. The molecule has 2 aromatic carbocycles. The average molecular weight is 398 g/mol. The summed E-state index contributed by atoms with van der Waals surface area (Å²) in [5.41, 5.74) is 0.530. The molecule has 0 aliphatic rings. The van der Waals surface area contributed by atoms with Crippen LogP contribution in [0.5, 0.6) is 0 Å². The minimum absolute atomic E-state index is 0.129. The maximum Gasteiger partial charge on any atom is 0.318 e. The number of carboxylic acid groups (broad SMARTS) is 1. The van der Waals surface area contributed by atoms with Crippen LogP contribution < -0.4 is 0 Å². The van der Waals surface area contributed by atoms with Crippen molar-refractivity contribution >= 4 is 29.5 Å². The molecule has 0 aliphatic heterocycles. The third kappa shape index (κ3) is 4.62. The maximum absolute atomic E-state index is 13.8. The fourth-order valence-corrected chi connectivity index (χ4v) is 2.97. The summed E-state index contributed by atoms with van der Waals surface area (Å²) in [6.07, 6.45) is 0. The Balaban J connectivity index is 2.34. The first-order valence-electron chi connectivity index (χ1n) is 6.61. The van der Waals surface area contributed by atoms with Gasteiger partial charge in [-0.25, -0.2) is 26.3 Å². The Bertz CT molecular complexity index is 774. The molecule has 10 heteroatoms. The van der Waals surface area contributed by atoms with Crippen LogP contribution in [0.1, 0.15) is 5.56 Å². The smallest absolute Gasteiger partial charge is 0.318 e. The molecule has 0 bridgehead atoms. The summed E-state index contributed by atoms with van der Waals surface area (Å²) in [5, 5.41) is 9.32. The molecule has 1 N–H and O–H groups in total. The van der Waals surface area contributed by atoms with Crippen LogP contribution in [0.15, 0.2) is 29.2 Å². The van der Waals surface area contributed by atoms with E-state index in [9.17, 15) is 26.7 Å². The maximum atomic E-state index is 13.8. The van der Waals surface area contributed by atoms with Gasteiger partial charge < -0.3 is 5.11 Å². The van der Waals surface area contributed by atoms with Gasteiger partial charge in [0.15, 0.2) is 23.3 Å². The molecule has 0 saturated carbocycles. The highest BCUT2D eigenvalue weighted by molar-refractivity contribution is 7.97. The van der Waals surface area contributed by atoms with Gasteiger partial charge in [-0.1, -0.05) is 23.7 Å². The summed E-state index contributed by atoms with van der Waals surface area (Å²) in [6.45, 7) is -0.833. The number of hydrogen-bond acceptors (Lipinski definition) is 3. The highest BCUT2D eigenvalue weighted by Gasteiger charge is 2.28. The number of benzene rings is 2. The van der Waals surface area contributed by atoms with Crippen LogP contribution in [0.25, 0.3) is 0 Å². The quantitative estimate of drug-likeness (QED) is 0.334. The first-order valence-corrected chi connectivity index (χ1v) is 7.76. The monoisotopic (exact) mass is 397 g/mol. The zero-order chi connectivity index (χ0) is 18.7. The Morgan fingerprint density at radius 2 is 1.44 bits per heavy atom. The van der Waals surface area contributed by atoms with Crippen molar-refractivity contribution in [3.8, 4) is 0 Å². The number of carboxylic acids is 1. The second-order valence-electron chi connectivity index (χ2n) is 4.81. The van der Waals surface area contributed by atoms with Crippen molar-refractivity contribution in [1.82, 2.24) is 4.31 Å². The average Bonchev–Trinajstić information content (AvgIpc) is 2.56. The topological polar surface area (TPSA) is 40.5 Å². The summed E-state index contributed by atoms with van der Waals surface area (Å²) in [7, 11) is 0. The normalized spacial score (nSPS) is 11.2. The van der Waals surface area contributed by atoms with Gasteiger partial charge >= 0.3 is 5.97 Å². The van der Waals surface area contributed by atoms with Gasteiger partial charge in [0.2, 0.25) is 5.82 Å². The number of rotatable bonds is 6. The van der Waals surface area contributed by atoms with E-state index in [0.29, 0.717) is 10.6 Å². The lowest BCUT2D eigenvalue weighted by Gasteiger charge is -2.20. The Morgan fingerprint density at radius 3 is 1.92 bits per heavy atom. The molecule has 25 heavy (non-hydrogen) atoms. The first-order chi connectivity index (χ1) is 11.7. The van der Waals surface area contributed by atoms with E-state index in [2.05, 4.69) is 0 Å². The van der Waals surface area contributed by atoms with Crippen LogP contribution in [-0.4, -0.2) is 21.9 Å². The van der Waals surface area contributed by atoms with E-state index in [0.717, 1.165) is 4.31 Å². The molecule has 0 heterocycles. The number of aliphatic carboxylic acids is 1. The number of hydrogen-bond donors (Lipinski definition) is 1. The van der Waals surface area contributed by atoms with Gasteiger partial charge in [0, 0.05) is 11.6 Å². The van der Waals surface area contributed by atoms with Crippen molar-refractivity contribution in [3.63, 3.8) is 0 Å². The lowest BCUT2D eigenvalue weighted by molar-refractivity contribution is -0.137. The van der Waals surface area contributed by atoms with Gasteiger partial charge in [0.1, 0.15) is 11.4 Å². The van der Waals surface area contributed by atoms with Gasteiger partial charge in [-0.2, -0.15) is 0 Å². The van der Waals surface area contributed by atoms with Gasteiger partial charge in [0.25, 0.3) is 0 Å². The highest BCUT2D eigenvalue weighted by atomic mass is 35.5. The minimum Gasteiger partial charge on any atom is -0.480 e. The molecule has 0 radical (unpaired) electrons. The molecule has 2 rings (SSSR count). The minimum atomic E-state index is -2.28. The molecule has 0 aromatic heterocycles. The lowest BCUT2D eigenvalue weighted by atomic mass is 10.2. The molecule has 0 fully saturated rings. The molecule has 134 valence electrons. The second kappa shape index (κ2) is 8.03. The molecule has 0 amide bonds. The van der Waals surface area contributed by atoms with Crippen molar-refractivity contribution in [2.75, 3.05) is 6.54 Å². The summed E-state index contributed by atoms with van der Waals surface area (Å²) < 4.78 is 68.1. The number of carbonyl (C=O) groups is 1. The fraction of sp³-hybridized carbons (Fsp3) is 0.133. The molecule has 0 atom stereocenters. The van der Waals surface area contributed by atoms with E-state index >= 15 is 0 Å². The predicted octanol–water partition coefficient (Wildman–Crippen LogP) is 4.63. The number of nitrogens with zero attached hydrogens (tertiary/aromatic N) is 1. The SMILES string of the molecule is O=C(O)CN(Cc1ccc(Cl)cc1)Sc1c(F)c(F)c(F)c(F)c1F. The van der Waals surface area contributed by atoms with Gasteiger partial charge in [-0.15, -0.1) is 0 Å². The standard InChI is InChI=1S/C15H9ClF5NO2S/c16-8-3-1-7(2-4-8)5-22(6-9(23)24)25-15-13(20)11(18)10(17)12(19)14(15)21/h1-4H,5-6H2,(H,23,24). The molecule has 2 aromatic rings. The number of halogens is 6. The van der Waals surface area contributed by atoms with E-state index in [1.807, 2.05) is 0 Å².